The molecule has 0 radical (unpaired) electrons. The molecule has 2 heterocycles. The Morgan fingerprint density at radius 3 is 2.60 bits per heavy atom. The number of pyridine rings is 1. The number of hydrogen-bond acceptors (Lipinski definition) is 3. The molecule has 1 aromatic heterocycles. The number of hydrogen-bond donors (Lipinski definition) is 1. The first-order chi connectivity index (χ1) is 11.7. The summed E-state index contributed by atoms with van der Waals surface area (Å²) in [6, 6.07) is 6.70. The minimum atomic E-state index is -4.01. The largest absolute Gasteiger partial charge is 0.382 e. The van der Waals surface area contributed by atoms with Crippen LogP contribution in [-0.2, 0) is 17.3 Å². The molecule has 0 aliphatic carbocycles. The highest BCUT2D eigenvalue weighted by atomic mass is 79.9. The summed E-state index contributed by atoms with van der Waals surface area (Å²) in [6.07, 6.45) is -4.22. The molecule has 1 N–H and O–H groups in total. The molecule has 2 aromatic rings. The number of rotatable bonds is 4. The number of amides is 1. The van der Waals surface area contributed by atoms with Crippen LogP contribution in [0.4, 0.5) is 23.2 Å². The number of halogens is 5. The Morgan fingerprint density at radius 2 is 1.96 bits per heavy atom. The van der Waals surface area contributed by atoms with E-state index in [1.54, 1.807) is 12.1 Å². The van der Waals surface area contributed by atoms with E-state index in [9.17, 15) is 27.5 Å². The molecule has 1 aromatic carbocycles. The van der Waals surface area contributed by atoms with Gasteiger partial charge < -0.3 is 10.0 Å². The van der Waals surface area contributed by atoms with Gasteiger partial charge >= 0.3 is 11.8 Å². The molecular formula is C16H11BrF4N2O2. The molecule has 4 nitrogen and oxygen atoms in total. The summed E-state index contributed by atoms with van der Waals surface area (Å²) in [6.45, 7) is -0.267. The van der Waals surface area contributed by atoms with Crippen LogP contribution in [0.25, 0.3) is 0 Å². The highest BCUT2D eigenvalue weighted by Crippen LogP contribution is 2.48. The maximum absolute atomic E-state index is 14.5. The second kappa shape index (κ2) is 6.38. The third-order valence-corrected chi connectivity index (χ3v) is 4.62. The topological polar surface area (TPSA) is 53.4 Å². The number of carbonyl (C=O) groups is 1. The van der Waals surface area contributed by atoms with Gasteiger partial charge in [0.15, 0.2) is 0 Å². The third-order valence-electron chi connectivity index (χ3n) is 3.89. The van der Waals surface area contributed by atoms with Crippen molar-refractivity contribution in [2.24, 2.45) is 0 Å². The molecule has 0 saturated heterocycles. The van der Waals surface area contributed by atoms with Crippen molar-refractivity contribution in [2.75, 3.05) is 4.90 Å². The van der Waals surface area contributed by atoms with Crippen molar-refractivity contribution >= 4 is 27.5 Å². The van der Waals surface area contributed by atoms with Gasteiger partial charge in [0, 0.05) is 10.7 Å². The van der Waals surface area contributed by atoms with Crippen LogP contribution in [0.2, 0.25) is 0 Å². The van der Waals surface area contributed by atoms with E-state index in [2.05, 4.69) is 20.9 Å². The number of carbonyl (C=O) groups excluding carboxylic acids is 1. The number of nitrogens with zero attached hydrogens (tertiary/aromatic N) is 2. The summed E-state index contributed by atoms with van der Waals surface area (Å²) < 4.78 is 55.1. The van der Waals surface area contributed by atoms with Crippen LogP contribution in [-0.4, -0.2) is 22.4 Å². The van der Waals surface area contributed by atoms with Gasteiger partial charge in [-0.2, -0.15) is 8.78 Å². The van der Waals surface area contributed by atoms with Gasteiger partial charge in [-0.05, 0) is 39.7 Å². The molecule has 25 heavy (non-hydrogen) atoms. The lowest BCUT2D eigenvalue weighted by molar-refractivity contribution is -0.142. The van der Waals surface area contributed by atoms with Gasteiger partial charge in [0.1, 0.15) is 6.10 Å². The fourth-order valence-electron chi connectivity index (χ4n) is 2.73. The van der Waals surface area contributed by atoms with Crippen LogP contribution in [0.1, 0.15) is 22.9 Å². The summed E-state index contributed by atoms with van der Waals surface area (Å²) >= 11 is 3.22. The zero-order valence-electron chi connectivity index (χ0n) is 12.5. The number of aliphatic hydroxyl groups excluding tert-OH is 1. The fraction of sp³-hybridized carbons (Fsp3) is 0.250. The Labute approximate surface area is 148 Å². The van der Waals surface area contributed by atoms with E-state index in [0.717, 1.165) is 11.0 Å². The first-order valence-corrected chi connectivity index (χ1v) is 7.93. The Bertz CT molecular complexity index is 832. The zero-order chi connectivity index (χ0) is 18.4. The predicted octanol–water partition coefficient (Wildman–Crippen LogP) is 3.78. The number of aromatic nitrogens is 1. The molecule has 9 heteroatoms. The van der Waals surface area contributed by atoms with Crippen LogP contribution in [0, 0.1) is 0 Å². The van der Waals surface area contributed by atoms with Crippen molar-refractivity contribution in [3.05, 3.63) is 57.8 Å². The van der Waals surface area contributed by atoms with Gasteiger partial charge in [-0.25, -0.2) is 8.78 Å². The van der Waals surface area contributed by atoms with Gasteiger partial charge in [0.2, 0.25) is 0 Å². The van der Waals surface area contributed by atoms with E-state index in [-0.39, 0.29) is 12.2 Å². The predicted molar refractivity (Wildman–Crippen MR) is 84.4 cm³/mol. The van der Waals surface area contributed by atoms with Gasteiger partial charge in [-0.1, -0.05) is 12.1 Å². The van der Waals surface area contributed by atoms with Crippen LogP contribution in [0.15, 0.2) is 41.0 Å². The fourth-order valence-corrected chi connectivity index (χ4v) is 3.11. The van der Waals surface area contributed by atoms with Gasteiger partial charge in [-0.3, -0.25) is 9.78 Å². The molecular weight excluding hydrogens is 408 g/mol. The second-order valence-electron chi connectivity index (χ2n) is 5.42. The summed E-state index contributed by atoms with van der Waals surface area (Å²) in [4.78, 5) is 17.0. The van der Waals surface area contributed by atoms with Crippen LogP contribution in [0.5, 0.6) is 0 Å². The van der Waals surface area contributed by atoms with Crippen molar-refractivity contribution in [1.82, 2.24) is 4.98 Å². The van der Waals surface area contributed by atoms with Gasteiger partial charge in [0.25, 0.3) is 6.43 Å². The SMILES string of the molecule is O=C1N(Cc2ncccc2Br)c2cccc(C(O)C(F)F)c2C1(F)F. The monoisotopic (exact) mass is 418 g/mol. The Hall–Kier alpha value is -2.00. The average molecular weight is 419 g/mol. The number of fused-ring (bicyclic) bond motifs is 1. The Balaban J connectivity index is 2.10. The quantitative estimate of drug-likeness (QED) is 0.768. The summed E-state index contributed by atoms with van der Waals surface area (Å²) in [5.41, 5.74) is -1.43. The molecule has 0 spiro atoms. The van der Waals surface area contributed by atoms with Crippen molar-refractivity contribution in [3.8, 4) is 0 Å². The molecule has 1 unspecified atom stereocenters. The number of aliphatic hydroxyl groups is 1. The number of benzene rings is 1. The van der Waals surface area contributed by atoms with E-state index in [0.29, 0.717) is 10.2 Å². The summed E-state index contributed by atoms with van der Waals surface area (Å²) in [5.74, 6) is -5.56. The van der Waals surface area contributed by atoms with E-state index >= 15 is 0 Å². The standard InChI is InChI=1S/C16H11BrF4N2O2/c17-9-4-2-6-22-10(9)7-23-11-5-1-3-8(13(24)14(18)19)12(11)16(20,21)15(23)25/h1-6,13-14,24H,7H2. The molecule has 0 bridgehead atoms. The molecule has 1 amide bonds. The van der Waals surface area contributed by atoms with E-state index in [1.165, 1.54) is 18.3 Å². The maximum Gasteiger partial charge on any atom is 0.352 e. The highest BCUT2D eigenvalue weighted by molar-refractivity contribution is 9.10. The molecule has 3 rings (SSSR count). The number of anilines is 1. The minimum absolute atomic E-state index is 0.218. The van der Waals surface area contributed by atoms with Crippen molar-refractivity contribution in [3.63, 3.8) is 0 Å². The van der Waals surface area contributed by atoms with Crippen LogP contribution >= 0.6 is 15.9 Å². The zero-order valence-corrected chi connectivity index (χ0v) is 14.1. The van der Waals surface area contributed by atoms with Crippen molar-refractivity contribution in [1.29, 1.82) is 0 Å². The van der Waals surface area contributed by atoms with Gasteiger partial charge in [0.05, 0.1) is 23.5 Å². The van der Waals surface area contributed by atoms with E-state index < -0.39 is 35.5 Å². The molecule has 132 valence electrons. The second-order valence-corrected chi connectivity index (χ2v) is 6.27. The molecule has 1 aliphatic heterocycles. The van der Waals surface area contributed by atoms with Crippen molar-refractivity contribution in [2.45, 2.75) is 25.0 Å². The molecule has 0 saturated carbocycles. The maximum atomic E-state index is 14.5. The van der Waals surface area contributed by atoms with Crippen LogP contribution < -0.4 is 4.90 Å². The lowest BCUT2D eigenvalue weighted by Gasteiger charge is -2.18. The lowest BCUT2D eigenvalue weighted by Crippen LogP contribution is -2.34. The van der Waals surface area contributed by atoms with E-state index in [1.807, 2.05) is 0 Å². The Kier molecular flexibility index (Phi) is 4.54. The normalized spacial score (nSPS) is 17.1. The average Bonchev–Trinajstić information content (AvgIpc) is 2.77. The first-order valence-electron chi connectivity index (χ1n) is 7.14. The molecule has 0 fully saturated rings. The highest BCUT2D eigenvalue weighted by Gasteiger charge is 2.55. The smallest absolute Gasteiger partial charge is 0.352 e. The Morgan fingerprint density at radius 1 is 1.24 bits per heavy atom. The molecule has 1 aliphatic rings. The lowest BCUT2D eigenvalue weighted by atomic mass is 9.98. The van der Waals surface area contributed by atoms with Gasteiger partial charge in [-0.15, -0.1) is 0 Å². The third kappa shape index (κ3) is 2.91. The van der Waals surface area contributed by atoms with Crippen LogP contribution in [0.3, 0.4) is 0 Å². The van der Waals surface area contributed by atoms with Crippen molar-refractivity contribution < 1.29 is 27.5 Å². The first kappa shape index (κ1) is 17.8. The summed E-state index contributed by atoms with van der Waals surface area (Å²) in [5, 5.41) is 9.57. The number of alkyl halides is 4. The minimum Gasteiger partial charge on any atom is -0.382 e. The van der Waals surface area contributed by atoms with E-state index in [4.69, 9.17) is 0 Å². The summed E-state index contributed by atoms with van der Waals surface area (Å²) in [7, 11) is 0. The molecule has 1 atom stereocenters.